The van der Waals surface area contributed by atoms with E-state index in [0.29, 0.717) is 62.1 Å². The van der Waals surface area contributed by atoms with Crippen LogP contribution < -0.4 is 32.0 Å². The van der Waals surface area contributed by atoms with Crippen molar-refractivity contribution in [2.45, 2.75) is 128 Å². The maximum Gasteiger partial charge on any atom is 0.417 e. The number of nitrogens with zero attached hydrogens (tertiary/aromatic N) is 8. The van der Waals surface area contributed by atoms with Gasteiger partial charge in [0.2, 0.25) is 0 Å². The van der Waals surface area contributed by atoms with Crippen LogP contribution in [0.2, 0.25) is 0 Å². The van der Waals surface area contributed by atoms with E-state index >= 15 is 0 Å². The minimum atomic E-state index is -0.714. The van der Waals surface area contributed by atoms with E-state index in [9.17, 15) is 38.0 Å². The molecule has 4 amide bonds. The van der Waals surface area contributed by atoms with Crippen molar-refractivity contribution in [3.8, 4) is 0 Å². The van der Waals surface area contributed by atoms with E-state index in [-0.39, 0.29) is 67.7 Å². The molecule has 4 heterocycles. The number of anilines is 2. The van der Waals surface area contributed by atoms with Crippen LogP contribution in [-0.4, -0.2) is 128 Å². The molecule has 10 rings (SSSR count). The van der Waals surface area contributed by atoms with Gasteiger partial charge in [0.1, 0.15) is 23.3 Å². The van der Waals surface area contributed by atoms with E-state index in [1.807, 2.05) is 85.1 Å². The Kier molecular flexibility index (Phi) is 20.4. The molecule has 20 heteroatoms. The van der Waals surface area contributed by atoms with E-state index in [4.69, 9.17) is 20.2 Å². The molecule has 2 saturated heterocycles. The van der Waals surface area contributed by atoms with Crippen LogP contribution in [0.1, 0.15) is 113 Å². The number of benzene rings is 4. The second-order valence-corrected chi connectivity index (χ2v) is 23.5. The lowest BCUT2D eigenvalue weighted by molar-refractivity contribution is -0.131. The summed E-state index contributed by atoms with van der Waals surface area (Å²) >= 11 is 0. The zero-order valence-corrected chi connectivity index (χ0v) is 48.8. The summed E-state index contributed by atoms with van der Waals surface area (Å²) in [4.78, 5) is 103. The molecule has 0 radical (unpaired) electrons. The summed E-state index contributed by atoms with van der Waals surface area (Å²) in [5, 5.41) is 3.66. The van der Waals surface area contributed by atoms with Gasteiger partial charge < -0.3 is 44.3 Å². The minimum Gasteiger partial charge on any atom is -0.443 e. The Morgan fingerprint density at radius 3 is 1.49 bits per heavy atom. The van der Waals surface area contributed by atoms with Crippen LogP contribution in [0.15, 0.2) is 137 Å². The first-order valence-corrected chi connectivity index (χ1v) is 28.7. The molecule has 6 aromatic rings. The number of amides is 4. The fraction of sp³-hybridized carbons (Fsp3) is 0.422. The molecule has 84 heavy (non-hydrogen) atoms. The minimum absolute atomic E-state index is 0.0894. The molecule has 19 nitrogen and oxygen atoms in total. The zero-order valence-electron chi connectivity index (χ0n) is 48.8. The predicted octanol–water partition coefficient (Wildman–Crippen LogP) is 7.60. The Morgan fingerprint density at radius 1 is 0.619 bits per heavy atom. The van der Waals surface area contributed by atoms with Crippen LogP contribution in [0.5, 0.6) is 0 Å². The lowest BCUT2D eigenvalue weighted by Crippen LogP contribution is -2.55. The number of carbonyl (C=O) groups excluding carboxylic acids is 5. The first kappa shape index (κ1) is 61.7. The largest absolute Gasteiger partial charge is 0.443 e. The summed E-state index contributed by atoms with van der Waals surface area (Å²) in [5.74, 6) is 0.397. The molecular weight excluding hydrogens is 1070 g/mol. The van der Waals surface area contributed by atoms with Crippen LogP contribution in [0.25, 0.3) is 0 Å². The van der Waals surface area contributed by atoms with Crippen LogP contribution in [0, 0.1) is 5.82 Å². The van der Waals surface area contributed by atoms with E-state index in [1.165, 1.54) is 23.3 Å². The van der Waals surface area contributed by atoms with E-state index in [0.717, 1.165) is 58.7 Å². The molecule has 2 aliphatic carbocycles. The molecule has 0 bridgehead atoms. The summed E-state index contributed by atoms with van der Waals surface area (Å²) in [5.41, 5.74) is 9.53. The average Bonchev–Trinajstić information content (AvgIpc) is 2.91. The highest BCUT2D eigenvalue weighted by atomic mass is 19.1. The van der Waals surface area contributed by atoms with Crippen LogP contribution in [0.3, 0.4) is 0 Å². The maximum absolute atomic E-state index is 13.6. The highest BCUT2D eigenvalue weighted by Crippen LogP contribution is 2.41. The number of aromatic nitrogens is 4. The molecule has 2 saturated carbocycles. The van der Waals surface area contributed by atoms with Crippen LogP contribution in [-0.2, 0) is 49.8 Å². The number of nitrogens with two attached hydrogens (primary N) is 1. The van der Waals surface area contributed by atoms with Gasteiger partial charge in [0.15, 0.2) is 11.6 Å². The van der Waals surface area contributed by atoms with Crippen molar-refractivity contribution in [2.75, 3.05) is 55.6 Å². The smallest absolute Gasteiger partial charge is 0.417 e. The lowest BCUT2D eigenvalue weighted by Gasteiger charge is -2.34. The molecule has 0 unspecified atom stereocenters. The summed E-state index contributed by atoms with van der Waals surface area (Å²) in [6, 6.07) is 37.3. The van der Waals surface area contributed by atoms with Crippen molar-refractivity contribution in [1.82, 2.24) is 34.2 Å². The number of ether oxygens (including phenoxy) is 2. The van der Waals surface area contributed by atoms with Crippen molar-refractivity contribution in [3.63, 3.8) is 0 Å². The monoisotopic (exact) mass is 1150 g/mol. The van der Waals surface area contributed by atoms with Gasteiger partial charge in [0.05, 0.1) is 37.6 Å². The molecule has 4 aromatic carbocycles. The highest BCUT2D eigenvalue weighted by Gasteiger charge is 2.38. The SMILES string of the molecule is CC(C)(C)OC(=O)N1CCN(c2nc(CCC=O)cn(Cc3ccccc3)c2=O)CC1=O.CC(C)(C)OC(=O)N1CCN(c2nc(CCCN[C@@H]3C[C@H]3c3ccccc3)cn(Cc3ccccc3)c2=O)CC1=O.N[C@@H]1C[C@H]1c1ccc(F)cc1. The van der Waals surface area contributed by atoms with Crippen LogP contribution >= 0.6 is 0 Å². The van der Waals surface area contributed by atoms with Gasteiger partial charge in [-0.2, -0.15) is 0 Å². The molecule has 4 atom stereocenters. The Labute approximate surface area is 489 Å². The van der Waals surface area contributed by atoms with E-state index in [2.05, 4.69) is 34.6 Å². The van der Waals surface area contributed by atoms with Crippen molar-refractivity contribution in [3.05, 3.63) is 188 Å². The van der Waals surface area contributed by atoms with Gasteiger partial charge in [0.25, 0.3) is 22.9 Å². The Balaban J connectivity index is 0.000000189. The summed E-state index contributed by atoms with van der Waals surface area (Å²) in [7, 11) is 0. The number of halogens is 1. The Bertz CT molecular complexity index is 3350. The van der Waals surface area contributed by atoms with Crippen molar-refractivity contribution >= 4 is 41.9 Å². The van der Waals surface area contributed by atoms with Crippen molar-refractivity contribution in [1.29, 1.82) is 0 Å². The molecule has 2 aliphatic heterocycles. The van der Waals surface area contributed by atoms with Gasteiger partial charge in [0, 0.05) is 68.9 Å². The van der Waals surface area contributed by atoms with Gasteiger partial charge in [-0.15, -0.1) is 0 Å². The highest BCUT2D eigenvalue weighted by molar-refractivity contribution is 5.96. The number of rotatable bonds is 16. The number of imide groups is 2. The third-order valence-electron chi connectivity index (χ3n) is 14.4. The Morgan fingerprint density at radius 2 is 1.06 bits per heavy atom. The maximum atomic E-state index is 13.6. The topological polar surface area (TPSA) is 225 Å². The first-order valence-electron chi connectivity index (χ1n) is 28.7. The predicted molar refractivity (Wildman–Crippen MR) is 318 cm³/mol. The summed E-state index contributed by atoms with van der Waals surface area (Å²) in [6.45, 7) is 12.6. The second-order valence-electron chi connectivity index (χ2n) is 23.5. The van der Waals surface area contributed by atoms with Crippen LogP contribution in [0.4, 0.5) is 25.6 Å². The zero-order chi connectivity index (χ0) is 60.1. The van der Waals surface area contributed by atoms with E-state index < -0.39 is 35.2 Å². The van der Waals surface area contributed by atoms with Crippen molar-refractivity contribution in [2.24, 2.45) is 5.73 Å². The number of aldehydes is 1. The molecule has 4 fully saturated rings. The van der Waals surface area contributed by atoms with Crippen molar-refractivity contribution < 1.29 is 37.8 Å². The third-order valence-corrected chi connectivity index (χ3v) is 14.4. The number of carbonyl (C=O) groups is 5. The van der Waals surface area contributed by atoms with Gasteiger partial charge in [-0.1, -0.05) is 103 Å². The molecule has 0 spiro atoms. The normalized spacial score (nSPS) is 18.4. The van der Waals surface area contributed by atoms with Gasteiger partial charge in [-0.25, -0.2) is 33.7 Å². The fourth-order valence-corrected chi connectivity index (χ4v) is 9.90. The van der Waals surface area contributed by atoms with Gasteiger partial charge in [-0.05, 0) is 115 Å². The van der Waals surface area contributed by atoms with Gasteiger partial charge >= 0.3 is 12.2 Å². The number of piperazine rings is 2. The summed E-state index contributed by atoms with van der Waals surface area (Å²) < 4.78 is 26.3. The Hall–Kier alpha value is -8.36. The number of hydrogen-bond donors (Lipinski definition) is 2. The average molecular weight is 1150 g/mol. The third kappa shape index (κ3) is 17.6. The molecule has 444 valence electrons. The molecule has 4 aliphatic rings. The molecule has 3 N–H and O–H groups in total. The fourth-order valence-electron chi connectivity index (χ4n) is 9.90. The number of nitrogens with one attached hydrogen (secondary N) is 1. The summed E-state index contributed by atoms with van der Waals surface area (Å²) in [6.07, 6.45) is 7.37. The standard InChI is InChI=1S/C32H39N5O4.C23H28N4O5.C9H10FN/c1-32(2,3)41-31(40)37-18-17-35(22-28(37)38)29-30(39)36(20-23-11-6-4-7-12-23)21-25(34-29)15-10-16-33-27-19-26(27)24-13-8-5-9-14-24;1-23(2,3)32-22(31)27-12-11-25(16-19(27)29)20-21(30)26(14-17-8-5-4-6-9-17)15-18(24-20)10-7-13-28;10-7-3-1-6(2-4-7)8-5-9(8)11/h4-9,11-14,21,26-27,33H,10,15-20,22H2,1-3H3;4-6,8-9,13,15H,7,10-12,14,16H2,1-3H3;1-4,8-9H,5,11H2/t26-,27+;;8-,9+/m0.0/s1. The second kappa shape index (κ2) is 27.8. The number of aryl methyl sites for hydroxylation is 2. The quantitative estimate of drug-likeness (QED) is 0.0703. The first-order chi connectivity index (χ1) is 40.1. The molecule has 2 aromatic heterocycles. The number of hydrogen-bond acceptors (Lipinski definition) is 15. The van der Waals surface area contributed by atoms with Gasteiger partial charge in [-0.3, -0.25) is 19.2 Å². The lowest BCUT2D eigenvalue weighted by atomic mass is 10.1. The van der Waals surface area contributed by atoms with E-state index in [1.54, 1.807) is 66.7 Å². The molecular formula is C64H77FN10O9.